The van der Waals surface area contributed by atoms with Crippen LogP contribution in [0.3, 0.4) is 0 Å². The number of likely N-dealkylation sites (tertiary alicyclic amines) is 1. The van der Waals surface area contributed by atoms with Gasteiger partial charge in [-0.25, -0.2) is 17.6 Å². The van der Waals surface area contributed by atoms with Gasteiger partial charge in [-0.2, -0.15) is 26.3 Å². The van der Waals surface area contributed by atoms with Crippen LogP contribution >= 0.6 is 0 Å². The van der Waals surface area contributed by atoms with Crippen LogP contribution in [0, 0.1) is 17.7 Å². The first-order valence-corrected chi connectivity index (χ1v) is 16.3. The summed E-state index contributed by atoms with van der Waals surface area (Å²) in [6.45, 7) is 4.84. The van der Waals surface area contributed by atoms with E-state index < -0.39 is 86.0 Å². The molecule has 2 N–H and O–H groups in total. The number of aryl methyl sites for hydroxylation is 1. The zero-order valence-corrected chi connectivity index (χ0v) is 26.9. The average Bonchev–Trinajstić information content (AvgIpc) is 3.37. The molecule has 2 aliphatic heterocycles. The van der Waals surface area contributed by atoms with Crippen LogP contribution in [0.5, 0.6) is 0 Å². The number of Topliss-reactive ketones (excluding diaryl/α,β-unsaturated/α-hetero) is 1. The summed E-state index contributed by atoms with van der Waals surface area (Å²) in [5.41, 5.74) is -8.20. The van der Waals surface area contributed by atoms with Gasteiger partial charge in [-0.1, -0.05) is 12.1 Å². The van der Waals surface area contributed by atoms with Gasteiger partial charge < -0.3 is 19.8 Å². The Labute approximate surface area is 272 Å². The highest BCUT2D eigenvalue weighted by Gasteiger charge is 2.71. The zero-order valence-electron chi connectivity index (χ0n) is 26.1. The maximum atomic E-state index is 13.9. The van der Waals surface area contributed by atoms with Crippen LogP contribution in [-0.4, -0.2) is 79.1 Å². The molecule has 0 radical (unpaired) electrons. The number of benzene rings is 2. The van der Waals surface area contributed by atoms with Crippen molar-refractivity contribution in [3.05, 3.63) is 59.4 Å². The maximum Gasteiger partial charge on any atom is 0.430 e. The summed E-state index contributed by atoms with van der Waals surface area (Å²) < 4.78 is 129. The van der Waals surface area contributed by atoms with E-state index >= 15 is 0 Å². The molecule has 1 fully saturated rings. The largest absolute Gasteiger partial charge is 0.444 e. The molecule has 4 rings (SSSR count). The molecule has 0 bridgehead atoms. The second kappa shape index (κ2) is 13.1. The lowest BCUT2D eigenvalue weighted by Crippen LogP contribution is -2.54. The Morgan fingerprint density at radius 3 is 2.04 bits per heavy atom. The SMILES string of the molecule is CC(C)(C)OC(=O)N1C[C@@H](CO)[C@H](CC(=O)C[C@@H]2CCc3cc(C(O)(C(F)(F)F)C(F)(F)F)ccc3N2S(=O)(=O)c2ccc(F)cc2)C1. The van der Waals surface area contributed by atoms with Crippen molar-refractivity contribution in [1.82, 2.24) is 4.90 Å². The number of alkyl halides is 6. The number of carbonyl (C=O) groups excluding carboxylic acids is 2. The zero-order chi connectivity index (χ0) is 36.0. The van der Waals surface area contributed by atoms with Gasteiger partial charge >= 0.3 is 18.4 Å². The number of hydrogen-bond acceptors (Lipinski definition) is 7. The Balaban J connectivity index is 1.67. The fourth-order valence-electron chi connectivity index (χ4n) is 6.07. The molecule has 0 unspecified atom stereocenters. The van der Waals surface area contributed by atoms with E-state index in [-0.39, 0.29) is 50.2 Å². The lowest BCUT2D eigenvalue weighted by molar-refractivity contribution is -0.376. The molecule has 266 valence electrons. The molecule has 0 spiro atoms. The van der Waals surface area contributed by atoms with E-state index in [1.54, 1.807) is 20.8 Å². The number of nitrogens with zero attached hydrogens (tertiary/aromatic N) is 2. The van der Waals surface area contributed by atoms with Crippen molar-refractivity contribution >= 4 is 27.6 Å². The molecule has 1 amide bonds. The Morgan fingerprint density at radius 2 is 1.50 bits per heavy atom. The lowest BCUT2D eigenvalue weighted by atomic mass is 9.86. The average molecular weight is 713 g/mol. The third-order valence-corrected chi connectivity index (χ3v) is 10.3. The lowest BCUT2D eigenvalue weighted by Gasteiger charge is -2.39. The third-order valence-electron chi connectivity index (χ3n) is 8.42. The first-order chi connectivity index (χ1) is 22.0. The van der Waals surface area contributed by atoms with Crippen molar-refractivity contribution in [1.29, 1.82) is 0 Å². The molecule has 0 aromatic heterocycles. The van der Waals surface area contributed by atoms with E-state index in [0.29, 0.717) is 18.2 Å². The van der Waals surface area contributed by atoms with Gasteiger partial charge in [0.05, 0.1) is 16.6 Å². The van der Waals surface area contributed by atoms with Gasteiger partial charge in [-0.15, -0.1) is 0 Å². The number of anilines is 1. The molecule has 2 heterocycles. The van der Waals surface area contributed by atoms with Gasteiger partial charge in [0, 0.05) is 44.0 Å². The van der Waals surface area contributed by atoms with Gasteiger partial charge in [-0.3, -0.25) is 9.10 Å². The van der Waals surface area contributed by atoms with Crippen LogP contribution in [0.15, 0.2) is 47.4 Å². The van der Waals surface area contributed by atoms with Crippen molar-refractivity contribution in [3.63, 3.8) is 0 Å². The van der Waals surface area contributed by atoms with E-state index in [2.05, 4.69) is 0 Å². The van der Waals surface area contributed by atoms with Gasteiger partial charge in [0.25, 0.3) is 15.6 Å². The molecule has 2 aromatic rings. The molecule has 2 aromatic carbocycles. The van der Waals surface area contributed by atoms with E-state index in [1.807, 2.05) is 0 Å². The van der Waals surface area contributed by atoms with Crippen LogP contribution in [0.1, 0.15) is 51.2 Å². The topological polar surface area (TPSA) is 124 Å². The summed E-state index contributed by atoms with van der Waals surface area (Å²) in [5.74, 6) is -2.26. The summed E-state index contributed by atoms with van der Waals surface area (Å²) in [6, 6.07) is 3.86. The number of fused-ring (bicyclic) bond motifs is 1. The second-order valence-electron chi connectivity index (χ2n) is 13.0. The predicted octanol–water partition coefficient (Wildman–Crippen LogP) is 5.47. The molecule has 48 heavy (non-hydrogen) atoms. The Kier molecular flexibility index (Phi) is 10.2. The first-order valence-electron chi connectivity index (χ1n) is 14.9. The van der Waals surface area contributed by atoms with Crippen molar-refractivity contribution in [2.75, 3.05) is 24.0 Å². The van der Waals surface area contributed by atoms with Crippen molar-refractivity contribution in [2.45, 2.75) is 80.9 Å². The highest BCUT2D eigenvalue weighted by Crippen LogP contribution is 2.51. The van der Waals surface area contributed by atoms with Crippen LogP contribution < -0.4 is 4.31 Å². The molecule has 9 nitrogen and oxygen atoms in total. The van der Waals surface area contributed by atoms with Gasteiger partial charge in [0.2, 0.25) is 0 Å². The maximum absolute atomic E-state index is 13.9. The number of amides is 1. The number of hydrogen-bond donors (Lipinski definition) is 2. The summed E-state index contributed by atoms with van der Waals surface area (Å²) in [5, 5.41) is 19.9. The number of rotatable bonds is 8. The summed E-state index contributed by atoms with van der Waals surface area (Å²) in [4.78, 5) is 26.9. The Bertz CT molecular complexity index is 1610. The summed E-state index contributed by atoms with van der Waals surface area (Å²) in [6.07, 6.45) is -14.1. The molecule has 17 heteroatoms. The highest BCUT2D eigenvalue weighted by molar-refractivity contribution is 7.92. The number of ether oxygens (including phenoxy) is 1. The Hall–Kier alpha value is -3.44. The van der Waals surface area contributed by atoms with E-state index in [9.17, 15) is 59.0 Å². The molecule has 1 saturated heterocycles. The minimum absolute atomic E-state index is 0.0705. The number of aliphatic hydroxyl groups is 2. The fourth-order valence-corrected chi connectivity index (χ4v) is 7.79. The van der Waals surface area contributed by atoms with Crippen LogP contribution in [-0.2, 0) is 31.6 Å². The number of halogens is 7. The number of ketones is 1. The summed E-state index contributed by atoms with van der Waals surface area (Å²) in [7, 11) is -4.67. The van der Waals surface area contributed by atoms with Gasteiger partial charge in [0.15, 0.2) is 0 Å². The minimum Gasteiger partial charge on any atom is -0.444 e. The monoisotopic (exact) mass is 712 g/mol. The van der Waals surface area contributed by atoms with E-state index in [1.165, 1.54) is 4.90 Å². The predicted molar refractivity (Wildman–Crippen MR) is 157 cm³/mol. The normalized spacial score (nSPS) is 20.9. The van der Waals surface area contributed by atoms with Crippen LogP contribution in [0.2, 0.25) is 0 Å². The van der Waals surface area contributed by atoms with Gasteiger partial charge in [-0.05, 0) is 75.4 Å². The van der Waals surface area contributed by atoms with Crippen LogP contribution in [0.4, 0.5) is 41.2 Å². The van der Waals surface area contributed by atoms with E-state index in [4.69, 9.17) is 4.74 Å². The molecular weight excluding hydrogens is 677 g/mol. The van der Waals surface area contributed by atoms with Crippen molar-refractivity contribution < 1.29 is 63.7 Å². The minimum atomic E-state index is -6.17. The molecular formula is C31H35F7N2O7S. The van der Waals surface area contributed by atoms with E-state index in [0.717, 1.165) is 28.6 Å². The quantitative estimate of drug-likeness (QED) is 0.348. The third kappa shape index (κ3) is 7.42. The molecule has 0 aliphatic carbocycles. The highest BCUT2D eigenvalue weighted by atomic mass is 32.2. The fraction of sp³-hybridized carbons (Fsp3) is 0.548. The smallest absolute Gasteiger partial charge is 0.430 e. The number of aliphatic hydroxyl groups excluding tert-OH is 1. The van der Waals surface area contributed by atoms with Crippen molar-refractivity contribution in [3.8, 4) is 0 Å². The number of carbonyl (C=O) groups is 2. The Morgan fingerprint density at radius 1 is 0.917 bits per heavy atom. The van der Waals surface area contributed by atoms with Crippen molar-refractivity contribution in [2.24, 2.45) is 11.8 Å². The molecule has 2 aliphatic rings. The number of sulfonamides is 1. The van der Waals surface area contributed by atoms with Gasteiger partial charge in [0.1, 0.15) is 17.2 Å². The molecule has 0 saturated carbocycles. The van der Waals surface area contributed by atoms with Crippen LogP contribution in [0.25, 0.3) is 0 Å². The first kappa shape index (κ1) is 37.4. The standard InChI is InChI=1S/C31H35F7N2O7S/c1-28(2,3)47-27(43)39-15-19(20(16-39)17-41)13-24(42)14-23-8-4-18-12-21(29(44,30(33,34)35)31(36,37)38)5-11-26(18)40(23)48(45,46)25-9-6-22(32)7-10-25/h5-7,9-12,19-20,23,41,44H,4,8,13-17H2,1-3H3/t19-,20+,23+/m1/s1. The summed E-state index contributed by atoms with van der Waals surface area (Å²) >= 11 is 0. The molecule has 3 atom stereocenters. The second-order valence-corrected chi connectivity index (χ2v) is 14.8.